The summed E-state index contributed by atoms with van der Waals surface area (Å²) in [5.41, 5.74) is 5.51. The number of nitrogens with one attached hydrogen (secondary N) is 1. The zero-order valence-corrected chi connectivity index (χ0v) is 11.2. The summed E-state index contributed by atoms with van der Waals surface area (Å²) >= 11 is 1.70. The van der Waals surface area contributed by atoms with Crippen molar-refractivity contribution in [2.75, 3.05) is 6.54 Å². The molecule has 90 valence electrons. The molecule has 0 radical (unpaired) electrons. The molecule has 0 spiro atoms. The molecule has 0 saturated carbocycles. The highest BCUT2D eigenvalue weighted by Crippen LogP contribution is 2.29. The Bertz CT molecular complexity index is 493. The Kier molecular flexibility index (Phi) is 3.86. The summed E-state index contributed by atoms with van der Waals surface area (Å²) in [7, 11) is 0. The predicted octanol–water partition coefficient (Wildman–Crippen LogP) is 2.85. The van der Waals surface area contributed by atoms with Gasteiger partial charge in [-0.15, -0.1) is 11.3 Å². The topological polar surface area (TPSA) is 37.8 Å². The number of pyridine rings is 1. The molecule has 17 heavy (non-hydrogen) atoms. The molecule has 0 fully saturated rings. The predicted molar refractivity (Wildman–Crippen MR) is 71.3 cm³/mol. The van der Waals surface area contributed by atoms with Gasteiger partial charge >= 0.3 is 0 Å². The van der Waals surface area contributed by atoms with Crippen molar-refractivity contribution in [3.8, 4) is 0 Å². The summed E-state index contributed by atoms with van der Waals surface area (Å²) in [5.74, 6) is 0. The molecule has 2 rings (SSSR count). The third-order valence-electron chi connectivity index (χ3n) is 2.84. The molecule has 3 nitrogen and oxygen atoms in total. The van der Waals surface area contributed by atoms with Crippen LogP contribution in [-0.2, 0) is 0 Å². The van der Waals surface area contributed by atoms with Gasteiger partial charge in [-0.1, -0.05) is 6.92 Å². The average molecular weight is 247 g/mol. The SMILES string of the molecule is CCNC(c1cnccc1C)c1scnc1C. The Morgan fingerprint density at radius 3 is 2.82 bits per heavy atom. The van der Waals surface area contributed by atoms with E-state index in [0.717, 1.165) is 12.2 Å². The van der Waals surface area contributed by atoms with Gasteiger partial charge in [0.1, 0.15) is 0 Å². The van der Waals surface area contributed by atoms with Crippen LogP contribution in [-0.4, -0.2) is 16.5 Å². The maximum Gasteiger partial charge on any atom is 0.0798 e. The average Bonchev–Trinajstić information content (AvgIpc) is 2.74. The van der Waals surface area contributed by atoms with Crippen molar-refractivity contribution in [2.45, 2.75) is 26.8 Å². The zero-order chi connectivity index (χ0) is 12.3. The highest BCUT2D eigenvalue weighted by molar-refractivity contribution is 7.09. The van der Waals surface area contributed by atoms with Crippen LogP contribution >= 0.6 is 11.3 Å². The van der Waals surface area contributed by atoms with E-state index < -0.39 is 0 Å². The molecule has 1 atom stereocenters. The van der Waals surface area contributed by atoms with Gasteiger partial charge < -0.3 is 5.32 Å². The minimum atomic E-state index is 0.209. The van der Waals surface area contributed by atoms with Crippen LogP contribution in [0.4, 0.5) is 0 Å². The summed E-state index contributed by atoms with van der Waals surface area (Å²) in [4.78, 5) is 9.85. The highest BCUT2D eigenvalue weighted by atomic mass is 32.1. The van der Waals surface area contributed by atoms with Crippen molar-refractivity contribution in [1.82, 2.24) is 15.3 Å². The Hall–Kier alpha value is -1.26. The summed E-state index contributed by atoms with van der Waals surface area (Å²) in [6.07, 6.45) is 3.78. The molecule has 2 aromatic heterocycles. The fourth-order valence-corrected chi connectivity index (χ4v) is 2.81. The summed E-state index contributed by atoms with van der Waals surface area (Å²) in [5, 5.41) is 3.51. The molecule has 0 aliphatic carbocycles. The second-order valence-electron chi connectivity index (χ2n) is 4.02. The molecule has 0 bridgehead atoms. The fourth-order valence-electron chi connectivity index (χ4n) is 1.91. The second-order valence-corrected chi connectivity index (χ2v) is 4.91. The van der Waals surface area contributed by atoms with Crippen molar-refractivity contribution in [2.24, 2.45) is 0 Å². The van der Waals surface area contributed by atoms with Crippen molar-refractivity contribution >= 4 is 11.3 Å². The van der Waals surface area contributed by atoms with E-state index in [0.29, 0.717) is 0 Å². The van der Waals surface area contributed by atoms with Gasteiger partial charge in [-0.3, -0.25) is 4.98 Å². The van der Waals surface area contributed by atoms with Crippen molar-refractivity contribution in [1.29, 1.82) is 0 Å². The molecule has 0 aliphatic rings. The van der Waals surface area contributed by atoms with Crippen LogP contribution in [0.1, 0.15) is 34.7 Å². The first-order valence-electron chi connectivity index (χ1n) is 5.78. The third-order valence-corrected chi connectivity index (χ3v) is 3.84. The molecular formula is C13H17N3S. The van der Waals surface area contributed by atoms with Crippen LogP contribution in [0, 0.1) is 13.8 Å². The van der Waals surface area contributed by atoms with E-state index >= 15 is 0 Å². The molecular weight excluding hydrogens is 230 g/mol. The lowest BCUT2D eigenvalue weighted by atomic mass is 10.0. The van der Waals surface area contributed by atoms with Gasteiger partial charge in [-0.05, 0) is 37.6 Å². The first kappa shape index (κ1) is 12.2. The van der Waals surface area contributed by atoms with Crippen LogP contribution in [0.2, 0.25) is 0 Å². The monoisotopic (exact) mass is 247 g/mol. The number of hydrogen-bond acceptors (Lipinski definition) is 4. The maximum absolute atomic E-state index is 4.33. The largest absolute Gasteiger partial charge is 0.306 e. The van der Waals surface area contributed by atoms with Gasteiger partial charge in [-0.25, -0.2) is 4.98 Å². The molecule has 1 unspecified atom stereocenters. The Balaban J connectivity index is 2.43. The first-order valence-corrected chi connectivity index (χ1v) is 6.66. The fraction of sp³-hybridized carbons (Fsp3) is 0.385. The van der Waals surface area contributed by atoms with Crippen molar-refractivity contribution in [3.05, 3.63) is 45.7 Å². The zero-order valence-electron chi connectivity index (χ0n) is 10.4. The molecule has 0 amide bonds. The van der Waals surface area contributed by atoms with Crippen molar-refractivity contribution < 1.29 is 0 Å². The summed E-state index contributed by atoms with van der Waals surface area (Å²) < 4.78 is 0. The first-order chi connectivity index (χ1) is 8.24. The van der Waals surface area contributed by atoms with E-state index in [1.807, 2.05) is 17.9 Å². The normalized spacial score (nSPS) is 12.6. The molecule has 0 aromatic carbocycles. The molecule has 2 aromatic rings. The van der Waals surface area contributed by atoms with E-state index in [2.05, 4.69) is 42.1 Å². The van der Waals surface area contributed by atoms with Crippen LogP contribution in [0.5, 0.6) is 0 Å². The van der Waals surface area contributed by atoms with Gasteiger partial charge in [-0.2, -0.15) is 0 Å². The Morgan fingerprint density at radius 1 is 1.41 bits per heavy atom. The number of hydrogen-bond donors (Lipinski definition) is 1. The number of rotatable bonds is 4. The van der Waals surface area contributed by atoms with Crippen LogP contribution in [0.25, 0.3) is 0 Å². The van der Waals surface area contributed by atoms with Gasteiger partial charge in [0.25, 0.3) is 0 Å². The highest BCUT2D eigenvalue weighted by Gasteiger charge is 2.18. The molecule has 1 N–H and O–H groups in total. The number of thiazole rings is 1. The molecule has 2 heterocycles. The van der Waals surface area contributed by atoms with E-state index in [1.165, 1.54) is 16.0 Å². The van der Waals surface area contributed by atoms with E-state index in [9.17, 15) is 0 Å². The van der Waals surface area contributed by atoms with Gasteiger partial charge in [0.15, 0.2) is 0 Å². The third kappa shape index (κ3) is 2.53. The minimum Gasteiger partial charge on any atom is -0.306 e. The van der Waals surface area contributed by atoms with E-state index in [-0.39, 0.29) is 6.04 Å². The van der Waals surface area contributed by atoms with Crippen LogP contribution < -0.4 is 5.32 Å². The van der Waals surface area contributed by atoms with E-state index in [4.69, 9.17) is 0 Å². The number of nitrogens with zero attached hydrogens (tertiary/aromatic N) is 2. The smallest absolute Gasteiger partial charge is 0.0798 e. The van der Waals surface area contributed by atoms with Crippen LogP contribution in [0.3, 0.4) is 0 Å². The number of aryl methyl sites for hydroxylation is 2. The lowest BCUT2D eigenvalue weighted by Gasteiger charge is -2.19. The maximum atomic E-state index is 4.33. The lowest BCUT2D eigenvalue weighted by Crippen LogP contribution is -2.22. The minimum absolute atomic E-state index is 0.209. The Morgan fingerprint density at radius 2 is 2.24 bits per heavy atom. The van der Waals surface area contributed by atoms with Crippen molar-refractivity contribution in [3.63, 3.8) is 0 Å². The molecule has 0 aliphatic heterocycles. The van der Waals surface area contributed by atoms with Gasteiger partial charge in [0.05, 0.1) is 17.2 Å². The second kappa shape index (κ2) is 5.38. The van der Waals surface area contributed by atoms with Gasteiger partial charge in [0.2, 0.25) is 0 Å². The van der Waals surface area contributed by atoms with E-state index in [1.54, 1.807) is 11.3 Å². The van der Waals surface area contributed by atoms with Crippen LogP contribution in [0.15, 0.2) is 24.0 Å². The summed E-state index contributed by atoms with van der Waals surface area (Å²) in [6, 6.07) is 2.26. The molecule has 4 heteroatoms. The molecule has 0 saturated heterocycles. The standard InChI is InChI=1S/C13H17N3S/c1-4-15-12(13-10(3)16-8-17-13)11-7-14-6-5-9(11)2/h5-8,12,15H,4H2,1-3H3. The Labute approximate surface area is 106 Å². The lowest BCUT2D eigenvalue weighted by molar-refractivity contribution is 0.630. The quantitative estimate of drug-likeness (QED) is 0.902. The number of aromatic nitrogens is 2. The van der Waals surface area contributed by atoms with Gasteiger partial charge in [0, 0.05) is 17.3 Å². The summed E-state index contributed by atoms with van der Waals surface area (Å²) in [6.45, 7) is 7.23.